The number of phenolic OH excluding ortho intramolecular Hbond substituents is 1. The molecule has 0 fully saturated rings. The van der Waals surface area contributed by atoms with Crippen molar-refractivity contribution in [2.45, 2.75) is 13.3 Å². The Hall–Kier alpha value is -1.80. The van der Waals surface area contributed by atoms with E-state index in [1.807, 2.05) is 12.1 Å². The third-order valence-electron chi connectivity index (χ3n) is 2.54. The van der Waals surface area contributed by atoms with Gasteiger partial charge in [0.15, 0.2) is 0 Å². The zero-order valence-electron chi connectivity index (χ0n) is 9.27. The molecule has 0 aliphatic heterocycles. The lowest BCUT2D eigenvalue weighted by Gasteiger charge is -2.04. The van der Waals surface area contributed by atoms with E-state index in [-0.39, 0.29) is 5.48 Å². The molecule has 0 bridgehead atoms. The van der Waals surface area contributed by atoms with Gasteiger partial charge in [0, 0.05) is 0 Å². The van der Waals surface area contributed by atoms with Gasteiger partial charge in [-0.2, -0.15) is 0 Å². The van der Waals surface area contributed by atoms with E-state index in [2.05, 4.69) is 31.2 Å². The van der Waals surface area contributed by atoms with Crippen molar-refractivity contribution in [3.05, 3.63) is 54.1 Å². The molecule has 16 heavy (non-hydrogen) atoms. The summed E-state index contributed by atoms with van der Waals surface area (Å²) in [6, 6.07) is 15.8. The van der Waals surface area contributed by atoms with Gasteiger partial charge in [-0.3, -0.25) is 0 Å². The molecule has 0 saturated heterocycles. The molecule has 0 atom stereocenters. The van der Waals surface area contributed by atoms with Crippen molar-refractivity contribution < 1.29 is 10.6 Å². The summed E-state index contributed by atoms with van der Waals surface area (Å²) in [7, 11) is 0. The van der Waals surface area contributed by atoms with Crippen molar-refractivity contribution in [1.29, 1.82) is 0 Å². The van der Waals surface area contributed by atoms with Crippen molar-refractivity contribution in [1.82, 2.24) is 0 Å². The highest BCUT2D eigenvalue weighted by Gasteiger charge is 1.98. The standard InChI is InChI=1S/C14H14O.H2O/c1-2-11-4-3-5-13(10-11)12-6-8-14(15)9-7-12;/h3-10,15H,2H2,1H3;1H2. The predicted molar refractivity (Wildman–Crippen MR) is 66.5 cm³/mol. The molecule has 0 saturated carbocycles. The van der Waals surface area contributed by atoms with E-state index in [0.29, 0.717) is 5.75 Å². The van der Waals surface area contributed by atoms with Gasteiger partial charge in [0.25, 0.3) is 0 Å². The molecule has 3 N–H and O–H groups in total. The van der Waals surface area contributed by atoms with Crippen molar-refractivity contribution in [3.8, 4) is 16.9 Å². The molecule has 0 aromatic heterocycles. The highest BCUT2D eigenvalue weighted by Crippen LogP contribution is 2.22. The van der Waals surface area contributed by atoms with Crippen molar-refractivity contribution in [3.63, 3.8) is 0 Å². The summed E-state index contributed by atoms with van der Waals surface area (Å²) in [5, 5.41) is 9.20. The van der Waals surface area contributed by atoms with Gasteiger partial charge in [-0.1, -0.05) is 43.3 Å². The maximum absolute atomic E-state index is 9.20. The van der Waals surface area contributed by atoms with E-state index < -0.39 is 0 Å². The Morgan fingerprint density at radius 2 is 1.62 bits per heavy atom. The largest absolute Gasteiger partial charge is 0.508 e. The first-order valence-corrected chi connectivity index (χ1v) is 5.18. The fraction of sp³-hybridized carbons (Fsp3) is 0.143. The predicted octanol–water partition coefficient (Wildman–Crippen LogP) is 2.80. The minimum atomic E-state index is 0. The van der Waals surface area contributed by atoms with Crippen LogP contribution < -0.4 is 0 Å². The Kier molecular flexibility index (Phi) is 4.09. The van der Waals surface area contributed by atoms with E-state index in [1.165, 1.54) is 11.1 Å². The Labute approximate surface area is 95.5 Å². The third kappa shape index (κ3) is 2.61. The monoisotopic (exact) mass is 216 g/mol. The van der Waals surface area contributed by atoms with E-state index in [4.69, 9.17) is 0 Å². The van der Waals surface area contributed by atoms with Crippen LogP contribution in [0.4, 0.5) is 0 Å². The van der Waals surface area contributed by atoms with Gasteiger partial charge in [0.05, 0.1) is 0 Å². The van der Waals surface area contributed by atoms with Crippen molar-refractivity contribution >= 4 is 0 Å². The van der Waals surface area contributed by atoms with Gasteiger partial charge in [-0.05, 0) is 35.2 Å². The highest BCUT2D eigenvalue weighted by atomic mass is 16.3. The number of phenols is 1. The number of benzene rings is 2. The molecule has 2 aromatic carbocycles. The summed E-state index contributed by atoms with van der Waals surface area (Å²) >= 11 is 0. The molecule has 2 heteroatoms. The van der Waals surface area contributed by atoms with Gasteiger partial charge in [0.1, 0.15) is 5.75 Å². The summed E-state index contributed by atoms with van der Waals surface area (Å²) in [6.07, 6.45) is 1.05. The summed E-state index contributed by atoms with van der Waals surface area (Å²) in [4.78, 5) is 0. The van der Waals surface area contributed by atoms with Crippen LogP contribution in [-0.4, -0.2) is 10.6 Å². The van der Waals surface area contributed by atoms with Crippen LogP contribution in [0.1, 0.15) is 12.5 Å². The molecule has 0 amide bonds. The van der Waals surface area contributed by atoms with E-state index >= 15 is 0 Å². The highest BCUT2D eigenvalue weighted by molar-refractivity contribution is 5.64. The zero-order chi connectivity index (χ0) is 10.7. The molecule has 0 heterocycles. The molecule has 2 aromatic rings. The van der Waals surface area contributed by atoms with Crippen molar-refractivity contribution in [2.24, 2.45) is 0 Å². The summed E-state index contributed by atoms with van der Waals surface area (Å²) in [5.41, 5.74) is 3.68. The Morgan fingerprint density at radius 3 is 2.25 bits per heavy atom. The summed E-state index contributed by atoms with van der Waals surface area (Å²) in [6.45, 7) is 2.15. The second-order valence-corrected chi connectivity index (χ2v) is 3.60. The van der Waals surface area contributed by atoms with Crippen LogP contribution in [0.5, 0.6) is 5.75 Å². The van der Waals surface area contributed by atoms with E-state index in [1.54, 1.807) is 12.1 Å². The first-order chi connectivity index (χ1) is 7.29. The normalized spacial score (nSPS) is 9.56. The topological polar surface area (TPSA) is 51.7 Å². The lowest BCUT2D eigenvalue weighted by molar-refractivity contribution is 0.475. The van der Waals surface area contributed by atoms with Crippen LogP contribution in [0, 0.1) is 0 Å². The zero-order valence-corrected chi connectivity index (χ0v) is 9.27. The number of hydrogen-bond donors (Lipinski definition) is 1. The van der Waals surface area contributed by atoms with Crippen LogP contribution in [0.2, 0.25) is 0 Å². The van der Waals surface area contributed by atoms with Crippen LogP contribution in [0.3, 0.4) is 0 Å². The Morgan fingerprint density at radius 1 is 0.938 bits per heavy atom. The molecule has 0 radical (unpaired) electrons. The summed E-state index contributed by atoms with van der Waals surface area (Å²) in [5.74, 6) is 0.311. The maximum atomic E-state index is 9.20. The average molecular weight is 216 g/mol. The fourth-order valence-corrected chi connectivity index (χ4v) is 1.62. The molecule has 84 valence electrons. The van der Waals surface area contributed by atoms with Crippen LogP contribution in [-0.2, 0) is 6.42 Å². The Balaban J connectivity index is 0.00000128. The van der Waals surface area contributed by atoms with E-state index in [0.717, 1.165) is 12.0 Å². The molecular formula is C14H16O2. The van der Waals surface area contributed by atoms with Gasteiger partial charge in [0.2, 0.25) is 0 Å². The van der Waals surface area contributed by atoms with Crippen molar-refractivity contribution in [2.75, 3.05) is 0 Å². The molecule has 0 spiro atoms. The average Bonchev–Trinajstić information content (AvgIpc) is 2.30. The lowest BCUT2D eigenvalue weighted by Crippen LogP contribution is -1.82. The first kappa shape index (κ1) is 12.3. The minimum Gasteiger partial charge on any atom is -0.508 e. The first-order valence-electron chi connectivity index (χ1n) is 5.18. The number of hydrogen-bond acceptors (Lipinski definition) is 1. The second kappa shape index (κ2) is 5.33. The number of aryl methyl sites for hydroxylation is 1. The quantitative estimate of drug-likeness (QED) is 0.824. The second-order valence-electron chi connectivity index (χ2n) is 3.60. The van der Waals surface area contributed by atoms with Gasteiger partial charge in [-0.15, -0.1) is 0 Å². The van der Waals surface area contributed by atoms with Crippen LogP contribution in [0.15, 0.2) is 48.5 Å². The van der Waals surface area contributed by atoms with Gasteiger partial charge < -0.3 is 10.6 Å². The molecular weight excluding hydrogens is 200 g/mol. The van der Waals surface area contributed by atoms with Gasteiger partial charge in [-0.25, -0.2) is 0 Å². The molecule has 2 nitrogen and oxygen atoms in total. The number of aromatic hydroxyl groups is 1. The minimum absolute atomic E-state index is 0. The third-order valence-corrected chi connectivity index (χ3v) is 2.54. The maximum Gasteiger partial charge on any atom is 0.115 e. The SMILES string of the molecule is CCc1cccc(-c2ccc(O)cc2)c1.O. The Bertz CT molecular complexity index is 447. The smallest absolute Gasteiger partial charge is 0.115 e. The molecule has 0 unspecified atom stereocenters. The van der Waals surface area contributed by atoms with E-state index in [9.17, 15) is 5.11 Å². The molecule has 2 rings (SSSR count). The molecule has 0 aliphatic carbocycles. The fourth-order valence-electron chi connectivity index (χ4n) is 1.62. The van der Waals surface area contributed by atoms with Crippen LogP contribution in [0.25, 0.3) is 11.1 Å². The lowest BCUT2D eigenvalue weighted by atomic mass is 10.0. The van der Waals surface area contributed by atoms with Gasteiger partial charge >= 0.3 is 0 Å². The number of rotatable bonds is 2. The molecule has 0 aliphatic rings. The summed E-state index contributed by atoms with van der Waals surface area (Å²) < 4.78 is 0. The van der Waals surface area contributed by atoms with Crippen LogP contribution >= 0.6 is 0 Å².